The van der Waals surface area contributed by atoms with E-state index in [2.05, 4.69) is 30.3 Å². The zero-order chi connectivity index (χ0) is 10.9. The van der Waals surface area contributed by atoms with Crippen molar-refractivity contribution in [2.75, 3.05) is 6.54 Å². The molecule has 1 aromatic heterocycles. The van der Waals surface area contributed by atoms with Crippen LogP contribution in [0.2, 0.25) is 0 Å². The molecule has 0 atom stereocenters. The summed E-state index contributed by atoms with van der Waals surface area (Å²) in [6.45, 7) is 6.70. The van der Waals surface area contributed by atoms with Crippen LogP contribution >= 0.6 is 0 Å². The monoisotopic (exact) mass is 207 g/mol. The predicted molar refractivity (Wildman–Crippen MR) is 61.4 cm³/mol. The standard InChI is InChI=1S/C12H21N3/c1-10(2)12(5-6-12)9-13-8-11-4-7-15(3)14-11/h4,7,10,13H,5-6,8-9H2,1-3H3. The molecule has 3 nitrogen and oxygen atoms in total. The number of aryl methyl sites for hydroxylation is 1. The summed E-state index contributed by atoms with van der Waals surface area (Å²) in [5, 5.41) is 7.87. The maximum Gasteiger partial charge on any atom is 0.0762 e. The van der Waals surface area contributed by atoms with Crippen molar-refractivity contribution >= 4 is 0 Å². The Kier molecular flexibility index (Phi) is 2.83. The highest BCUT2D eigenvalue weighted by Gasteiger charge is 2.44. The molecule has 0 unspecified atom stereocenters. The van der Waals surface area contributed by atoms with Crippen LogP contribution in [0.5, 0.6) is 0 Å². The van der Waals surface area contributed by atoms with Gasteiger partial charge in [-0.25, -0.2) is 0 Å². The van der Waals surface area contributed by atoms with E-state index in [-0.39, 0.29) is 0 Å². The summed E-state index contributed by atoms with van der Waals surface area (Å²) in [5.74, 6) is 0.800. The molecule has 1 heterocycles. The molecule has 2 rings (SSSR count). The molecular formula is C12H21N3. The molecule has 1 aromatic rings. The van der Waals surface area contributed by atoms with Gasteiger partial charge in [-0.15, -0.1) is 0 Å². The highest BCUT2D eigenvalue weighted by Crippen LogP contribution is 2.51. The van der Waals surface area contributed by atoms with Gasteiger partial charge in [-0.3, -0.25) is 4.68 Å². The Morgan fingerprint density at radius 1 is 1.53 bits per heavy atom. The molecule has 1 fully saturated rings. The maximum absolute atomic E-state index is 4.35. The minimum absolute atomic E-state index is 0.592. The van der Waals surface area contributed by atoms with Crippen LogP contribution in [-0.2, 0) is 13.6 Å². The van der Waals surface area contributed by atoms with E-state index in [1.807, 2.05) is 17.9 Å². The summed E-state index contributed by atoms with van der Waals surface area (Å²) in [6, 6.07) is 2.07. The molecule has 0 aromatic carbocycles. The van der Waals surface area contributed by atoms with Crippen LogP contribution in [0.3, 0.4) is 0 Å². The fourth-order valence-corrected chi connectivity index (χ4v) is 2.12. The molecule has 1 saturated carbocycles. The van der Waals surface area contributed by atoms with E-state index in [4.69, 9.17) is 0 Å². The van der Waals surface area contributed by atoms with Crippen molar-refractivity contribution in [3.8, 4) is 0 Å². The number of nitrogens with one attached hydrogen (secondary N) is 1. The summed E-state index contributed by atoms with van der Waals surface area (Å²) in [7, 11) is 1.96. The largest absolute Gasteiger partial charge is 0.311 e. The third kappa shape index (κ3) is 2.40. The molecule has 1 aliphatic rings. The van der Waals surface area contributed by atoms with Crippen molar-refractivity contribution < 1.29 is 0 Å². The average Bonchev–Trinajstić information content (AvgIpc) is 2.86. The molecule has 15 heavy (non-hydrogen) atoms. The van der Waals surface area contributed by atoms with Crippen molar-refractivity contribution in [2.24, 2.45) is 18.4 Å². The number of hydrogen-bond donors (Lipinski definition) is 1. The number of nitrogens with zero attached hydrogens (tertiary/aromatic N) is 2. The second-order valence-electron chi connectivity index (χ2n) is 5.10. The van der Waals surface area contributed by atoms with Crippen molar-refractivity contribution in [2.45, 2.75) is 33.2 Å². The molecule has 0 saturated heterocycles. The highest BCUT2D eigenvalue weighted by molar-refractivity contribution is 5.00. The van der Waals surface area contributed by atoms with Gasteiger partial charge < -0.3 is 5.32 Å². The van der Waals surface area contributed by atoms with E-state index in [1.165, 1.54) is 12.8 Å². The topological polar surface area (TPSA) is 29.9 Å². The minimum atomic E-state index is 0.592. The summed E-state index contributed by atoms with van der Waals surface area (Å²) in [6.07, 6.45) is 4.77. The number of aromatic nitrogens is 2. The lowest BCUT2D eigenvalue weighted by Gasteiger charge is -2.19. The molecule has 3 heteroatoms. The number of hydrogen-bond acceptors (Lipinski definition) is 2. The second kappa shape index (κ2) is 3.97. The fraction of sp³-hybridized carbons (Fsp3) is 0.750. The van der Waals surface area contributed by atoms with Crippen molar-refractivity contribution in [1.82, 2.24) is 15.1 Å². The van der Waals surface area contributed by atoms with E-state index in [0.717, 1.165) is 24.7 Å². The van der Waals surface area contributed by atoms with Crippen molar-refractivity contribution in [3.05, 3.63) is 18.0 Å². The van der Waals surface area contributed by atoms with E-state index in [1.54, 1.807) is 0 Å². The summed E-state index contributed by atoms with van der Waals surface area (Å²) in [4.78, 5) is 0. The van der Waals surface area contributed by atoms with Gasteiger partial charge in [0.25, 0.3) is 0 Å². The van der Waals surface area contributed by atoms with Crippen LogP contribution in [0.4, 0.5) is 0 Å². The van der Waals surface area contributed by atoms with Gasteiger partial charge >= 0.3 is 0 Å². The molecule has 84 valence electrons. The molecule has 1 aliphatic carbocycles. The molecule has 0 radical (unpaired) electrons. The summed E-state index contributed by atoms with van der Waals surface area (Å²) >= 11 is 0. The maximum atomic E-state index is 4.35. The third-order valence-corrected chi connectivity index (χ3v) is 3.67. The molecular weight excluding hydrogens is 186 g/mol. The van der Waals surface area contributed by atoms with Gasteiger partial charge in [-0.2, -0.15) is 5.10 Å². The normalized spacial score (nSPS) is 18.4. The van der Waals surface area contributed by atoms with Gasteiger partial charge in [0, 0.05) is 26.3 Å². The van der Waals surface area contributed by atoms with Crippen molar-refractivity contribution in [3.63, 3.8) is 0 Å². The zero-order valence-corrected chi connectivity index (χ0v) is 9.95. The lowest BCUT2D eigenvalue weighted by molar-refractivity contribution is 0.337. The minimum Gasteiger partial charge on any atom is -0.311 e. The van der Waals surface area contributed by atoms with Crippen LogP contribution in [0, 0.1) is 11.3 Å². The third-order valence-electron chi connectivity index (χ3n) is 3.67. The highest BCUT2D eigenvalue weighted by atomic mass is 15.3. The molecule has 1 N–H and O–H groups in total. The van der Waals surface area contributed by atoms with Crippen LogP contribution in [0.15, 0.2) is 12.3 Å². The second-order valence-corrected chi connectivity index (χ2v) is 5.10. The first-order valence-corrected chi connectivity index (χ1v) is 5.82. The van der Waals surface area contributed by atoms with E-state index >= 15 is 0 Å². The molecule has 0 spiro atoms. The first kappa shape index (κ1) is 10.7. The Morgan fingerprint density at radius 3 is 2.73 bits per heavy atom. The Morgan fingerprint density at radius 2 is 2.27 bits per heavy atom. The van der Waals surface area contributed by atoms with Gasteiger partial charge in [0.1, 0.15) is 0 Å². The van der Waals surface area contributed by atoms with E-state index < -0.39 is 0 Å². The van der Waals surface area contributed by atoms with Gasteiger partial charge in [0.15, 0.2) is 0 Å². The Labute approximate surface area is 91.9 Å². The summed E-state index contributed by atoms with van der Waals surface area (Å²) in [5.41, 5.74) is 1.73. The van der Waals surface area contributed by atoms with E-state index in [9.17, 15) is 0 Å². The molecule has 0 amide bonds. The van der Waals surface area contributed by atoms with Gasteiger partial charge in [-0.05, 0) is 30.2 Å². The first-order chi connectivity index (χ1) is 7.12. The van der Waals surface area contributed by atoms with Crippen LogP contribution in [0.1, 0.15) is 32.4 Å². The lowest BCUT2D eigenvalue weighted by Crippen LogP contribution is -2.27. The van der Waals surface area contributed by atoms with Crippen molar-refractivity contribution in [1.29, 1.82) is 0 Å². The molecule has 0 aliphatic heterocycles. The summed E-state index contributed by atoms with van der Waals surface area (Å²) < 4.78 is 1.85. The number of rotatable bonds is 5. The Hall–Kier alpha value is -0.830. The fourth-order valence-electron chi connectivity index (χ4n) is 2.12. The van der Waals surface area contributed by atoms with Crippen LogP contribution in [-0.4, -0.2) is 16.3 Å². The van der Waals surface area contributed by atoms with Crippen LogP contribution in [0.25, 0.3) is 0 Å². The quantitative estimate of drug-likeness (QED) is 0.799. The average molecular weight is 207 g/mol. The SMILES string of the molecule is CC(C)C1(CNCc2ccn(C)n2)CC1. The van der Waals surface area contributed by atoms with Gasteiger partial charge in [0.05, 0.1) is 5.69 Å². The smallest absolute Gasteiger partial charge is 0.0762 e. The first-order valence-electron chi connectivity index (χ1n) is 5.82. The predicted octanol–water partition coefficient (Wildman–Crippen LogP) is 1.95. The molecule has 0 bridgehead atoms. The Balaban J connectivity index is 1.76. The Bertz CT molecular complexity index is 323. The van der Waals surface area contributed by atoms with E-state index in [0.29, 0.717) is 5.41 Å². The lowest BCUT2D eigenvalue weighted by atomic mass is 9.92. The van der Waals surface area contributed by atoms with Gasteiger partial charge in [-0.1, -0.05) is 13.8 Å². The van der Waals surface area contributed by atoms with Crippen LogP contribution < -0.4 is 5.32 Å². The van der Waals surface area contributed by atoms with Gasteiger partial charge in [0.2, 0.25) is 0 Å². The zero-order valence-electron chi connectivity index (χ0n) is 9.95.